The fourth-order valence-corrected chi connectivity index (χ4v) is 5.65. The van der Waals surface area contributed by atoms with Gasteiger partial charge in [0.1, 0.15) is 16.7 Å². The van der Waals surface area contributed by atoms with Crippen molar-refractivity contribution in [1.29, 1.82) is 0 Å². The number of benzene rings is 1. The third-order valence-corrected chi connectivity index (χ3v) is 7.58. The minimum absolute atomic E-state index is 0.111. The van der Waals surface area contributed by atoms with Crippen LogP contribution in [0.15, 0.2) is 63.7 Å². The van der Waals surface area contributed by atoms with E-state index in [9.17, 15) is 9.59 Å². The number of carbonyl (C=O) groups is 2. The fraction of sp³-hybridized carbons (Fsp3) is 0.261. The quantitative estimate of drug-likeness (QED) is 0.543. The molecule has 2 aromatic heterocycles. The maximum atomic E-state index is 13.4. The molecule has 8 heteroatoms. The largest absolute Gasteiger partial charge is 0.441 e. The van der Waals surface area contributed by atoms with Crippen molar-refractivity contribution >= 4 is 35.0 Å². The predicted octanol–water partition coefficient (Wildman–Crippen LogP) is 4.72. The lowest BCUT2D eigenvalue weighted by molar-refractivity contribution is -0.131. The summed E-state index contributed by atoms with van der Waals surface area (Å²) >= 11 is 3.11. The summed E-state index contributed by atoms with van der Waals surface area (Å²) in [6.07, 6.45) is 2.61. The summed E-state index contributed by atoms with van der Waals surface area (Å²) in [7, 11) is 0. The molecule has 5 rings (SSSR count). The number of carbonyl (C=O) groups excluding carboxylic acids is 2. The number of hydrogen-bond donors (Lipinski definition) is 0. The summed E-state index contributed by atoms with van der Waals surface area (Å²) in [6.45, 7) is 2.54. The van der Waals surface area contributed by atoms with Gasteiger partial charge in [-0.15, -0.1) is 23.1 Å². The number of amides is 3. The molecule has 2 atom stereocenters. The van der Waals surface area contributed by atoms with Crippen molar-refractivity contribution in [3.05, 3.63) is 75.7 Å². The molecule has 0 spiro atoms. The van der Waals surface area contributed by atoms with Gasteiger partial charge in [0.2, 0.25) is 11.8 Å². The Hall–Kier alpha value is -2.84. The summed E-state index contributed by atoms with van der Waals surface area (Å²) < 4.78 is 5.88. The van der Waals surface area contributed by atoms with Gasteiger partial charge in [-0.1, -0.05) is 30.3 Å². The molecule has 3 amide bonds. The monoisotopic (exact) mass is 451 g/mol. The number of oxazole rings is 1. The number of imide groups is 1. The van der Waals surface area contributed by atoms with Crippen molar-refractivity contribution in [3.63, 3.8) is 0 Å². The SMILES string of the molecule is Cc1oc(-c2ccccc2)nc1CN1C(=O)N(CCc2cccs2)C(=O)C2SC=CC21. The molecule has 0 aliphatic carbocycles. The highest BCUT2D eigenvalue weighted by Crippen LogP contribution is 2.36. The van der Waals surface area contributed by atoms with Crippen molar-refractivity contribution in [2.24, 2.45) is 0 Å². The van der Waals surface area contributed by atoms with Crippen LogP contribution in [0, 0.1) is 6.92 Å². The minimum Gasteiger partial charge on any atom is -0.441 e. The van der Waals surface area contributed by atoms with Crippen molar-refractivity contribution in [1.82, 2.24) is 14.8 Å². The maximum absolute atomic E-state index is 13.4. The Balaban J connectivity index is 1.39. The Labute approximate surface area is 188 Å². The molecule has 2 aliphatic heterocycles. The number of urea groups is 1. The van der Waals surface area contributed by atoms with Crippen LogP contribution in [0.2, 0.25) is 0 Å². The van der Waals surface area contributed by atoms with Crippen molar-refractivity contribution in [3.8, 4) is 11.5 Å². The second-order valence-electron chi connectivity index (χ2n) is 7.49. The Morgan fingerprint density at radius 2 is 1.97 bits per heavy atom. The minimum atomic E-state index is -0.304. The fourth-order valence-electron chi connectivity index (χ4n) is 3.89. The number of fused-ring (bicyclic) bond motifs is 1. The first-order valence-corrected chi connectivity index (χ1v) is 11.9. The lowest BCUT2D eigenvalue weighted by Crippen LogP contribution is -2.61. The van der Waals surface area contributed by atoms with Crippen LogP contribution < -0.4 is 0 Å². The van der Waals surface area contributed by atoms with Crippen LogP contribution >= 0.6 is 23.1 Å². The molecule has 2 unspecified atom stereocenters. The topological polar surface area (TPSA) is 66.7 Å². The number of thiophene rings is 1. The number of nitrogens with zero attached hydrogens (tertiary/aromatic N) is 3. The third-order valence-electron chi connectivity index (χ3n) is 5.55. The van der Waals surface area contributed by atoms with Crippen LogP contribution in [0.5, 0.6) is 0 Å². The lowest BCUT2D eigenvalue weighted by atomic mass is 10.1. The first-order valence-electron chi connectivity index (χ1n) is 10.1. The third kappa shape index (κ3) is 3.81. The summed E-state index contributed by atoms with van der Waals surface area (Å²) in [5.41, 5.74) is 1.60. The van der Waals surface area contributed by atoms with E-state index in [-0.39, 0.29) is 23.2 Å². The summed E-state index contributed by atoms with van der Waals surface area (Å²) in [5, 5.41) is 3.62. The van der Waals surface area contributed by atoms with Gasteiger partial charge in [-0.2, -0.15) is 0 Å². The van der Waals surface area contributed by atoms with E-state index < -0.39 is 0 Å². The standard InChI is InChI=1S/C23H21N3O3S2/c1-15-18(24-21(29-15)16-6-3-2-4-7-16)14-26-19-10-13-31-20(19)22(27)25(23(26)28)11-9-17-8-5-12-30-17/h2-8,10,12-13,19-20H,9,11,14H2,1H3. The molecule has 0 N–H and O–H groups in total. The molecule has 1 fully saturated rings. The molecule has 0 saturated carbocycles. The molecule has 31 heavy (non-hydrogen) atoms. The van der Waals surface area contributed by atoms with Gasteiger partial charge in [0.05, 0.1) is 12.6 Å². The highest BCUT2D eigenvalue weighted by Gasteiger charge is 2.47. The van der Waals surface area contributed by atoms with E-state index in [1.165, 1.54) is 16.7 Å². The van der Waals surface area contributed by atoms with Gasteiger partial charge in [0, 0.05) is 17.0 Å². The Kier molecular flexibility index (Phi) is 5.41. The maximum Gasteiger partial charge on any atom is 0.327 e. The molecular formula is C23H21N3O3S2. The number of aromatic nitrogens is 1. The van der Waals surface area contributed by atoms with E-state index in [0.717, 1.165) is 10.4 Å². The van der Waals surface area contributed by atoms with Gasteiger partial charge in [-0.3, -0.25) is 9.69 Å². The van der Waals surface area contributed by atoms with E-state index in [1.807, 2.05) is 66.3 Å². The first kappa shape index (κ1) is 20.1. The van der Waals surface area contributed by atoms with Crippen LogP contribution in [-0.4, -0.2) is 44.6 Å². The molecular weight excluding hydrogens is 430 g/mol. The molecule has 2 aliphatic rings. The first-order chi connectivity index (χ1) is 15.1. The number of rotatable bonds is 6. The number of aryl methyl sites for hydroxylation is 1. The number of thioether (sulfide) groups is 1. The van der Waals surface area contributed by atoms with E-state index in [2.05, 4.69) is 4.98 Å². The van der Waals surface area contributed by atoms with E-state index in [0.29, 0.717) is 36.9 Å². The Morgan fingerprint density at radius 3 is 2.74 bits per heavy atom. The summed E-state index contributed by atoms with van der Waals surface area (Å²) in [5.74, 6) is 1.11. The van der Waals surface area contributed by atoms with E-state index in [4.69, 9.17) is 4.42 Å². The normalized spacial score (nSPS) is 20.5. The number of hydrogen-bond acceptors (Lipinski definition) is 6. The highest BCUT2D eigenvalue weighted by molar-refractivity contribution is 8.03. The molecule has 0 radical (unpaired) electrons. The van der Waals surface area contributed by atoms with Crippen LogP contribution in [0.1, 0.15) is 16.3 Å². The molecule has 4 heterocycles. The van der Waals surface area contributed by atoms with Crippen molar-refractivity contribution < 1.29 is 14.0 Å². The van der Waals surface area contributed by atoms with Crippen LogP contribution in [-0.2, 0) is 17.8 Å². The summed E-state index contributed by atoms with van der Waals surface area (Å²) in [4.78, 5) is 35.3. The Bertz CT molecular complexity index is 1120. The molecule has 1 aromatic carbocycles. The van der Waals surface area contributed by atoms with Gasteiger partial charge < -0.3 is 9.32 Å². The van der Waals surface area contributed by atoms with Gasteiger partial charge in [-0.25, -0.2) is 9.78 Å². The lowest BCUT2D eigenvalue weighted by Gasteiger charge is -2.41. The molecule has 158 valence electrons. The summed E-state index contributed by atoms with van der Waals surface area (Å²) in [6, 6.07) is 13.2. The van der Waals surface area contributed by atoms with Crippen molar-refractivity contribution in [2.45, 2.75) is 31.2 Å². The van der Waals surface area contributed by atoms with Crippen LogP contribution in [0.25, 0.3) is 11.5 Å². The zero-order valence-electron chi connectivity index (χ0n) is 16.9. The Morgan fingerprint density at radius 1 is 1.13 bits per heavy atom. The molecule has 1 saturated heterocycles. The van der Waals surface area contributed by atoms with Crippen LogP contribution in [0.3, 0.4) is 0 Å². The smallest absolute Gasteiger partial charge is 0.327 e. The second kappa shape index (κ2) is 8.36. The van der Waals surface area contributed by atoms with Crippen molar-refractivity contribution in [2.75, 3.05) is 6.54 Å². The van der Waals surface area contributed by atoms with E-state index in [1.54, 1.807) is 16.2 Å². The van der Waals surface area contributed by atoms with Crippen LogP contribution in [0.4, 0.5) is 4.79 Å². The predicted molar refractivity (Wildman–Crippen MR) is 122 cm³/mol. The highest BCUT2D eigenvalue weighted by atomic mass is 32.2. The molecule has 6 nitrogen and oxygen atoms in total. The van der Waals surface area contributed by atoms with Gasteiger partial charge in [-0.05, 0) is 42.3 Å². The molecule has 0 bridgehead atoms. The van der Waals surface area contributed by atoms with Gasteiger partial charge >= 0.3 is 6.03 Å². The molecule has 3 aromatic rings. The zero-order chi connectivity index (χ0) is 21.4. The van der Waals surface area contributed by atoms with E-state index >= 15 is 0 Å². The average Bonchev–Trinajstić information content (AvgIpc) is 3.53. The second-order valence-corrected chi connectivity index (χ2v) is 9.58. The average molecular weight is 452 g/mol. The van der Waals surface area contributed by atoms with Gasteiger partial charge in [0.15, 0.2) is 0 Å². The van der Waals surface area contributed by atoms with Gasteiger partial charge in [0.25, 0.3) is 0 Å². The zero-order valence-corrected chi connectivity index (χ0v) is 18.6.